The van der Waals surface area contributed by atoms with Gasteiger partial charge in [-0.2, -0.15) is 0 Å². The Morgan fingerprint density at radius 1 is 1.13 bits per heavy atom. The van der Waals surface area contributed by atoms with Gasteiger partial charge in [0.05, 0.1) is 13.0 Å². The van der Waals surface area contributed by atoms with Crippen LogP contribution in [0.25, 0.3) is 0 Å². The number of rotatable bonds is 4. The Morgan fingerprint density at radius 3 is 2.70 bits per heavy atom. The van der Waals surface area contributed by atoms with Crippen LogP contribution in [0.1, 0.15) is 11.1 Å². The van der Waals surface area contributed by atoms with Gasteiger partial charge in [-0.15, -0.1) is 0 Å². The molecule has 3 rings (SSSR count). The average Bonchev–Trinajstić information content (AvgIpc) is 3.03. The van der Waals surface area contributed by atoms with Crippen LogP contribution in [0.5, 0.6) is 0 Å². The van der Waals surface area contributed by atoms with Crippen LogP contribution in [0, 0.1) is 5.82 Å². The number of benzene rings is 2. The van der Waals surface area contributed by atoms with Gasteiger partial charge in [0.25, 0.3) is 0 Å². The molecule has 0 aliphatic carbocycles. The summed E-state index contributed by atoms with van der Waals surface area (Å²) in [4.78, 5) is 18.6. The van der Waals surface area contributed by atoms with E-state index in [0.29, 0.717) is 25.3 Å². The molecule has 5 heteroatoms. The maximum atomic E-state index is 13.2. The van der Waals surface area contributed by atoms with Crippen LogP contribution in [0.15, 0.2) is 59.6 Å². The van der Waals surface area contributed by atoms with Crippen LogP contribution >= 0.6 is 11.8 Å². The SMILES string of the molecule is O=C(Cc1ccccc1)N1CCN=C1SCc1cccc(F)c1. The molecule has 0 saturated carbocycles. The third-order valence-electron chi connectivity index (χ3n) is 3.56. The van der Waals surface area contributed by atoms with Crippen molar-refractivity contribution < 1.29 is 9.18 Å². The smallest absolute Gasteiger partial charge is 0.233 e. The zero-order chi connectivity index (χ0) is 16.1. The number of hydrogen-bond acceptors (Lipinski definition) is 3. The molecule has 1 aliphatic rings. The van der Waals surface area contributed by atoms with Crippen molar-refractivity contribution in [3.05, 3.63) is 71.5 Å². The number of nitrogens with zero attached hydrogens (tertiary/aromatic N) is 2. The second kappa shape index (κ2) is 7.42. The molecule has 1 amide bonds. The minimum atomic E-state index is -0.242. The van der Waals surface area contributed by atoms with Crippen LogP contribution in [0.3, 0.4) is 0 Å². The quantitative estimate of drug-likeness (QED) is 0.860. The van der Waals surface area contributed by atoms with Gasteiger partial charge in [0.2, 0.25) is 5.91 Å². The summed E-state index contributed by atoms with van der Waals surface area (Å²) in [6, 6.07) is 16.2. The zero-order valence-corrected chi connectivity index (χ0v) is 13.4. The standard InChI is InChI=1S/C18H17FN2OS/c19-16-8-4-7-15(11-16)13-23-18-20-9-10-21(18)17(22)12-14-5-2-1-3-6-14/h1-8,11H,9-10,12-13H2. The van der Waals surface area contributed by atoms with E-state index in [1.807, 2.05) is 36.4 Å². The molecule has 118 valence electrons. The van der Waals surface area contributed by atoms with Crippen molar-refractivity contribution in [1.29, 1.82) is 0 Å². The first-order valence-electron chi connectivity index (χ1n) is 7.48. The first kappa shape index (κ1) is 15.7. The fourth-order valence-corrected chi connectivity index (χ4v) is 3.43. The van der Waals surface area contributed by atoms with E-state index in [2.05, 4.69) is 4.99 Å². The highest BCUT2D eigenvalue weighted by atomic mass is 32.2. The monoisotopic (exact) mass is 328 g/mol. The summed E-state index contributed by atoms with van der Waals surface area (Å²) in [6.45, 7) is 1.25. The number of amidine groups is 1. The Hall–Kier alpha value is -2.14. The summed E-state index contributed by atoms with van der Waals surface area (Å²) in [5, 5.41) is 0.732. The predicted molar refractivity (Wildman–Crippen MR) is 91.9 cm³/mol. The molecule has 0 aromatic heterocycles. The lowest BCUT2D eigenvalue weighted by molar-refractivity contribution is -0.126. The minimum Gasteiger partial charge on any atom is -0.289 e. The van der Waals surface area contributed by atoms with Gasteiger partial charge < -0.3 is 0 Å². The lowest BCUT2D eigenvalue weighted by Crippen LogP contribution is -2.34. The van der Waals surface area contributed by atoms with Crippen molar-refractivity contribution in [1.82, 2.24) is 4.90 Å². The number of hydrogen-bond donors (Lipinski definition) is 0. The van der Waals surface area contributed by atoms with E-state index >= 15 is 0 Å². The molecule has 0 N–H and O–H groups in total. The van der Waals surface area contributed by atoms with E-state index in [9.17, 15) is 9.18 Å². The van der Waals surface area contributed by atoms with Crippen LogP contribution < -0.4 is 0 Å². The van der Waals surface area contributed by atoms with Crippen LogP contribution in [0.4, 0.5) is 4.39 Å². The fraction of sp³-hybridized carbons (Fsp3) is 0.222. The fourth-order valence-electron chi connectivity index (χ4n) is 2.42. The van der Waals surface area contributed by atoms with Crippen molar-refractivity contribution in [2.45, 2.75) is 12.2 Å². The second-order valence-corrected chi connectivity index (χ2v) is 6.23. The summed E-state index contributed by atoms with van der Waals surface area (Å²) in [6.07, 6.45) is 0.375. The van der Waals surface area contributed by atoms with E-state index < -0.39 is 0 Å². The second-order valence-electron chi connectivity index (χ2n) is 5.29. The molecule has 0 unspecified atom stereocenters. The van der Waals surface area contributed by atoms with Crippen LogP contribution in [0.2, 0.25) is 0 Å². The first-order chi connectivity index (χ1) is 11.2. The zero-order valence-electron chi connectivity index (χ0n) is 12.6. The van der Waals surface area contributed by atoms with Crippen molar-refractivity contribution in [2.75, 3.05) is 13.1 Å². The Bertz CT molecular complexity index is 718. The van der Waals surface area contributed by atoms with Gasteiger partial charge >= 0.3 is 0 Å². The Balaban J connectivity index is 1.60. The van der Waals surface area contributed by atoms with Gasteiger partial charge in [0.1, 0.15) is 5.82 Å². The van der Waals surface area contributed by atoms with E-state index in [1.54, 1.807) is 11.0 Å². The number of carbonyl (C=O) groups excluding carboxylic acids is 1. The molecule has 3 nitrogen and oxygen atoms in total. The summed E-state index contributed by atoms with van der Waals surface area (Å²) in [5.41, 5.74) is 1.89. The van der Waals surface area contributed by atoms with Crippen molar-refractivity contribution >= 4 is 22.8 Å². The van der Waals surface area contributed by atoms with Gasteiger partial charge in [-0.1, -0.05) is 54.2 Å². The average molecular weight is 328 g/mol. The van der Waals surface area contributed by atoms with E-state index in [1.165, 1.54) is 23.9 Å². The highest BCUT2D eigenvalue weighted by molar-refractivity contribution is 8.13. The molecule has 0 saturated heterocycles. The van der Waals surface area contributed by atoms with Crippen molar-refractivity contribution in [3.8, 4) is 0 Å². The molecule has 0 radical (unpaired) electrons. The maximum Gasteiger partial charge on any atom is 0.233 e. The van der Waals surface area contributed by atoms with Gasteiger partial charge in [0.15, 0.2) is 5.17 Å². The molecule has 0 bridgehead atoms. The van der Waals surface area contributed by atoms with E-state index in [0.717, 1.165) is 16.3 Å². The number of aliphatic imine (C=N–C) groups is 1. The summed E-state index contributed by atoms with van der Waals surface area (Å²) < 4.78 is 13.2. The Labute approximate surface area is 139 Å². The number of halogens is 1. The van der Waals surface area contributed by atoms with E-state index in [-0.39, 0.29) is 11.7 Å². The van der Waals surface area contributed by atoms with Gasteiger partial charge in [-0.25, -0.2) is 4.39 Å². The minimum absolute atomic E-state index is 0.0548. The third kappa shape index (κ3) is 4.20. The molecular formula is C18H17FN2OS. The maximum absolute atomic E-state index is 13.2. The molecule has 2 aromatic rings. The van der Waals surface area contributed by atoms with Crippen molar-refractivity contribution in [3.63, 3.8) is 0 Å². The van der Waals surface area contributed by atoms with Gasteiger partial charge in [0, 0.05) is 12.3 Å². The molecule has 23 heavy (non-hydrogen) atoms. The molecule has 1 heterocycles. The van der Waals surface area contributed by atoms with Gasteiger partial charge in [-0.05, 0) is 23.3 Å². The van der Waals surface area contributed by atoms with Crippen molar-refractivity contribution in [2.24, 2.45) is 4.99 Å². The lowest BCUT2D eigenvalue weighted by Gasteiger charge is -2.18. The van der Waals surface area contributed by atoms with E-state index in [4.69, 9.17) is 0 Å². The topological polar surface area (TPSA) is 32.7 Å². The Morgan fingerprint density at radius 2 is 1.91 bits per heavy atom. The van der Waals surface area contributed by atoms with Crippen LogP contribution in [-0.2, 0) is 17.0 Å². The first-order valence-corrected chi connectivity index (χ1v) is 8.47. The summed E-state index contributed by atoms with van der Waals surface area (Å²) in [5.74, 6) is 0.416. The molecule has 2 aromatic carbocycles. The summed E-state index contributed by atoms with van der Waals surface area (Å²) >= 11 is 1.48. The molecule has 0 atom stereocenters. The molecule has 0 fully saturated rings. The van der Waals surface area contributed by atoms with Gasteiger partial charge in [-0.3, -0.25) is 14.7 Å². The lowest BCUT2D eigenvalue weighted by atomic mass is 10.1. The Kier molecular flexibility index (Phi) is 5.08. The molecule has 1 aliphatic heterocycles. The highest BCUT2D eigenvalue weighted by Gasteiger charge is 2.23. The highest BCUT2D eigenvalue weighted by Crippen LogP contribution is 2.21. The third-order valence-corrected chi connectivity index (χ3v) is 4.64. The largest absolute Gasteiger partial charge is 0.289 e. The number of amides is 1. The predicted octanol–water partition coefficient (Wildman–Crippen LogP) is 3.50. The normalized spacial score (nSPS) is 14.0. The number of thioether (sulfide) groups is 1. The van der Waals surface area contributed by atoms with Crippen LogP contribution in [-0.4, -0.2) is 29.1 Å². The summed E-state index contributed by atoms with van der Waals surface area (Å²) in [7, 11) is 0. The number of carbonyl (C=O) groups is 1. The molecule has 0 spiro atoms. The molecular weight excluding hydrogens is 311 g/mol.